The van der Waals surface area contributed by atoms with Gasteiger partial charge in [0.15, 0.2) is 6.23 Å². The van der Waals surface area contributed by atoms with Crippen LogP contribution in [0.15, 0.2) is 0 Å². The molecule has 0 saturated carbocycles. The number of carbonyl (C=O) groups excluding carboxylic acids is 2. The van der Waals surface area contributed by atoms with Crippen LogP contribution in [0.4, 0.5) is 0 Å². The number of esters is 1. The Hall–Kier alpha value is -1.14. The van der Waals surface area contributed by atoms with E-state index in [1.54, 1.807) is 25.9 Å². The molecule has 0 aromatic carbocycles. The lowest BCUT2D eigenvalue weighted by molar-refractivity contribution is -0.157. The van der Waals surface area contributed by atoms with E-state index in [1.807, 2.05) is 0 Å². The molecular formula is C9H19N3O3. The van der Waals surface area contributed by atoms with Crippen molar-refractivity contribution in [3.63, 3.8) is 0 Å². The number of nitrogens with two attached hydrogens (primary N) is 2. The fourth-order valence-corrected chi connectivity index (χ4v) is 0.777. The topological polar surface area (TPSA) is 98.6 Å². The number of hydrogen-bond donors (Lipinski definition) is 2. The van der Waals surface area contributed by atoms with Gasteiger partial charge in [-0.3, -0.25) is 14.5 Å². The van der Waals surface area contributed by atoms with Gasteiger partial charge in [-0.15, -0.1) is 0 Å². The predicted molar refractivity (Wildman–Crippen MR) is 55.6 cm³/mol. The zero-order chi connectivity index (χ0) is 12.0. The largest absolute Gasteiger partial charge is 0.446 e. The van der Waals surface area contributed by atoms with Crippen molar-refractivity contribution in [1.82, 2.24) is 4.90 Å². The highest BCUT2D eigenvalue weighted by Crippen LogP contribution is 2.01. The lowest BCUT2D eigenvalue weighted by Crippen LogP contribution is -2.39. The zero-order valence-corrected chi connectivity index (χ0v) is 9.40. The normalized spacial score (nSPS) is 14.7. The van der Waals surface area contributed by atoms with Gasteiger partial charge in [-0.2, -0.15) is 0 Å². The highest BCUT2D eigenvalue weighted by atomic mass is 16.6. The third kappa shape index (κ3) is 6.03. The molecule has 2 atom stereocenters. The molecule has 2 unspecified atom stereocenters. The number of ether oxygens (including phenoxy) is 1. The van der Waals surface area contributed by atoms with Crippen LogP contribution in [0, 0.1) is 0 Å². The minimum atomic E-state index is -0.792. The van der Waals surface area contributed by atoms with Crippen molar-refractivity contribution in [2.45, 2.75) is 32.0 Å². The van der Waals surface area contributed by atoms with Crippen LogP contribution in [-0.4, -0.2) is 43.1 Å². The van der Waals surface area contributed by atoms with E-state index in [-0.39, 0.29) is 19.1 Å². The molecule has 0 bridgehead atoms. The highest BCUT2D eigenvalue weighted by molar-refractivity contribution is 5.78. The van der Waals surface area contributed by atoms with Crippen molar-refractivity contribution in [3.8, 4) is 0 Å². The van der Waals surface area contributed by atoms with Crippen molar-refractivity contribution in [1.29, 1.82) is 0 Å². The summed E-state index contributed by atoms with van der Waals surface area (Å²) in [6, 6.07) is -0.792. The maximum atomic E-state index is 11.3. The molecule has 15 heavy (non-hydrogen) atoms. The molecule has 0 aliphatic rings. The molecule has 0 spiro atoms. The molecule has 6 nitrogen and oxygen atoms in total. The summed E-state index contributed by atoms with van der Waals surface area (Å²) in [5.74, 6) is -0.989. The highest BCUT2D eigenvalue weighted by Gasteiger charge is 2.19. The molecular weight excluding hydrogens is 198 g/mol. The number of nitrogens with zero attached hydrogens (tertiary/aromatic N) is 1. The monoisotopic (exact) mass is 217 g/mol. The summed E-state index contributed by atoms with van der Waals surface area (Å²) in [5.41, 5.74) is 10.4. The second-order valence-electron chi connectivity index (χ2n) is 3.61. The number of amides is 1. The Morgan fingerprint density at radius 2 is 1.93 bits per heavy atom. The second kappa shape index (κ2) is 6.36. The Labute approximate surface area is 89.5 Å². The number of rotatable bonds is 6. The molecule has 0 heterocycles. The van der Waals surface area contributed by atoms with Gasteiger partial charge in [-0.1, -0.05) is 0 Å². The third-order valence-electron chi connectivity index (χ3n) is 2.02. The van der Waals surface area contributed by atoms with Gasteiger partial charge in [0.05, 0.1) is 0 Å². The van der Waals surface area contributed by atoms with Crippen LogP contribution in [0.1, 0.15) is 19.8 Å². The maximum Gasteiger partial charge on any atom is 0.324 e. The molecule has 88 valence electrons. The second-order valence-corrected chi connectivity index (χ2v) is 3.61. The van der Waals surface area contributed by atoms with E-state index in [0.29, 0.717) is 0 Å². The summed E-state index contributed by atoms with van der Waals surface area (Å²) >= 11 is 0. The summed E-state index contributed by atoms with van der Waals surface area (Å²) in [7, 11) is 3.57. The van der Waals surface area contributed by atoms with Crippen molar-refractivity contribution in [2.24, 2.45) is 11.5 Å². The molecule has 6 heteroatoms. The van der Waals surface area contributed by atoms with Crippen molar-refractivity contribution in [3.05, 3.63) is 0 Å². The van der Waals surface area contributed by atoms with Gasteiger partial charge in [0.25, 0.3) is 0 Å². The first-order chi connectivity index (χ1) is 6.84. The average Bonchev–Trinajstić information content (AvgIpc) is 2.13. The number of carbonyl (C=O) groups is 2. The van der Waals surface area contributed by atoms with Gasteiger partial charge >= 0.3 is 5.97 Å². The lowest BCUT2D eigenvalue weighted by Gasteiger charge is -2.21. The zero-order valence-electron chi connectivity index (χ0n) is 9.40. The van der Waals surface area contributed by atoms with E-state index in [9.17, 15) is 9.59 Å². The summed E-state index contributed by atoms with van der Waals surface area (Å²) in [6.45, 7) is 1.73. The minimum absolute atomic E-state index is 0.0899. The Balaban J connectivity index is 3.93. The molecule has 0 saturated heterocycles. The van der Waals surface area contributed by atoms with Crippen LogP contribution in [0.5, 0.6) is 0 Å². The smallest absolute Gasteiger partial charge is 0.324 e. The van der Waals surface area contributed by atoms with E-state index >= 15 is 0 Å². The van der Waals surface area contributed by atoms with E-state index in [0.717, 1.165) is 0 Å². The lowest BCUT2D eigenvalue weighted by atomic mass is 10.1. The summed E-state index contributed by atoms with van der Waals surface area (Å²) < 4.78 is 5.02. The Morgan fingerprint density at radius 1 is 1.40 bits per heavy atom. The fraction of sp³-hybridized carbons (Fsp3) is 0.778. The average molecular weight is 217 g/mol. The SMILES string of the molecule is CC(OC(=O)C(N)CCC(N)=O)N(C)C. The van der Waals surface area contributed by atoms with Gasteiger partial charge in [-0.25, -0.2) is 0 Å². The van der Waals surface area contributed by atoms with Crippen LogP contribution in [0.3, 0.4) is 0 Å². The van der Waals surface area contributed by atoms with Crippen LogP contribution in [-0.2, 0) is 14.3 Å². The van der Waals surface area contributed by atoms with E-state index in [1.165, 1.54) is 0 Å². The van der Waals surface area contributed by atoms with Gasteiger partial charge < -0.3 is 16.2 Å². The van der Waals surface area contributed by atoms with Crippen LogP contribution < -0.4 is 11.5 Å². The first kappa shape index (κ1) is 13.9. The molecule has 0 rings (SSSR count). The molecule has 1 amide bonds. The van der Waals surface area contributed by atoms with E-state index in [2.05, 4.69) is 0 Å². The molecule has 0 aromatic rings. The van der Waals surface area contributed by atoms with Gasteiger partial charge in [0.2, 0.25) is 5.91 Å². The van der Waals surface area contributed by atoms with Crippen LogP contribution >= 0.6 is 0 Å². The Bertz CT molecular complexity index is 231. The summed E-state index contributed by atoms with van der Waals surface area (Å²) in [6.07, 6.45) is -0.0295. The molecule has 0 aliphatic carbocycles. The van der Waals surface area contributed by atoms with Gasteiger partial charge in [0, 0.05) is 6.42 Å². The van der Waals surface area contributed by atoms with Gasteiger partial charge in [-0.05, 0) is 27.4 Å². The number of primary amides is 1. The predicted octanol–water partition coefficient (Wildman–Crippen LogP) is -0.970. The van der Waals surface area contributed by atoms with E-state index in [4.69, 9.17) is 16.2 Å². The van der Waals surface area contributed by atoms with Crippen molar-refractivity contribution < 1.29 is 14.3 Å². The maximum absolute atomic E-state index is 11.3. The minimum Gasteiger partial charge on any atom is -0.446 e. The Kier molecular flexibility index (Phi) is 5.88. The standard InChI is InChI=1S/C9H19N3O3/c1-6(12(2)3)15-9(14)7(10)4-5-8(11)13/h6-7H,4-5,10H2,1-3H3,(H2,11,13). The first-order valence-corrected chi connectivity index (χ1v) is 4.75. The molecule has 0 fully saturated rings. The quantitative estimate of drug-likeness (QED) is 0.440. The Morgan fingerprint density at radius 3 is 2.33 bits per heavy atom. The van der Waals surface area contributed by atoms with Gasteiger partial charge in [0.1, 0.15) is 6.04 Å². The van der Waals surface area contributed by atoms with E-state index < -0.39 is 17.9 Å². The summed E-state index contributed by atoms with van der Waals surface area (Å²) in [4.78, 5) is 23.5. The first-order valence-electron chi connectivity index (χ1n) is 4.75. The van der Waals surface area contributed by atoms with Crippen LogP contribution in [0.25, 0.3) is 0 Å². The molecule has 0 aliphatic heterocycles. The van der Waals surface area contributed by atoms with Crippen LogP contribution in [0.2, 0.25) is 0 Å². The number of hydrogen-bond acceptors (Lipinski definition) is 5. The molecule has 4 N–H and O–H groups in total. The van der Waals surface area contributed by atoms with Crippen molar-refractivity contribution >= 4 is 11.9 Å². The summed E-state index contributed by atoms with van der Waals surface area (Å²) in [5, 5.41) is 0. The fourth-order valence-electron chi connectivity index (χ4n) is 0.777. The third-order valence-corrected chi connectivity index (χ3v) is 2.02. The molecule has 0 radical (unpaired) electrons. The molecule has 0 aromatic heterocycles. The van der Waals surface area contributed by atoms with Crippen molar-refractivity contribution in [2.75, 3.05) is 14.1 Å².